The lowest BCUT2D eigenvalue weighted by Crippen LogP contribution is -2.47. The van der Waals surface area contributed by atoms with E-state index in [1.807, 2.05) is 10.7 Å². The van der Waals surface area contributed by atoms with E-state index in [0.29, 0.717) is 25.4 Å². The molecule has 3 aliphatic rings. The third-order valence-electron chi connectivity index (χ3n) is 5.83. The van der Waals surface area contributed by atoms with E-state index >= 15 is 0 Å². The van der Waals surface area contributed by atoms with Gasteiger partial charge in [0.1, 0.15) is 18.2 Å². The molecule has 2 amide bonds. The first-order valence-electron chi connectivity index (χ1n) is 10.3. The van der Waals surface area contributed by atoms with E-state index in [4.69, 9.17) is 4.74 Å². The van der Waals surface area contributed by atoms with Gasteiger partial charge in [-0.3, -0.25) is 14.5 Å². The third-order valence-corrected chi connectivity index (χ3v) is 5.83. The molecule has 0 aromatic carbocycles. The summed E-state index contributed by atoms with van der Waals surface area (Å²) in [5, 5.41) is 11.7. The Bertz CT molecular complexity index is 926. The van der Waals surface area contributed by atoms with E-state index in [9.17, 15) is 9.59 Å². The van der Waals surface area contributed by atoms with Gasteiger partial charge in [0.2, 0.25) is 5.82 Å². The molecule has 0 radical (unpaired) electrons. The summed E-state index contributed by atoms with van der Waals surface area (Å²) in [6, 6.07) is 1.36. The minimum Gasteiger partial charge on any atom is -0.376 e. The summed E-state index contributed by atoms with van der Waals surface area (Å²) in [6.45, 7) is 1.92. The highest BCUT2D eigenvalue weighted by Gasteiger charge is 2.34. The Labute approximate surface area is 168 Å². The van der Waals surface area contributed by atoms with E-state index in [1.165, 1.54) is 19.2 Å². The van der Waals surface area contributed by atoms with Crippen molar-refractivity contribution in [1.82, 2.24) is 29.9 Å². The highest BCUT2D eigenvalue weighted by atomic mass is 16.5. The summed E-state index contributed by atoms with van der Waals surface area (Å²) >= 11 is 0. The number of fused-ring (bicyclic) bond motifs is 1. The van der Waals surface area contributed by atoms with Crippen molar-refractivity contribution in [3.63, 3.8) is 0 Å². The van der Waals surface area contributed by atoms with Crippen molar-refractivity contribution in [2.45, 2.75) is 63.3 Å². The molecule has 10 nitrogen and oxygen atoms in total. The lowest BCUT2D eigenvalue weighted by molar-refractivity contribution is -0.120. The molecular formula is C19H25N7O3. The Hall–Kier alpha value is -2.75. The zero-order valence-electron chi connectivity index (χ0n) is 16.5. The van der Waals surface area contributed by atoms with Gasteiger partial charge in [-0.25, -0.2) is 14.3 Å². The van der Waals surface area contributed by atoms with Crippen LogP contribution in [0.5, 0.6) is 0 Å². The predicted molar refractivity (Wildman–Crippen MR) is 102 cm³/mol. The van der Waals surface area contributed by atoms with Crippen molar-refractivity contribution >= 4 is 17.6 Å². The summed E-state index contributed by atoms with van der Waals surface area (Å²) < 4.78 is 9.08. The fourth-order valence-corrected chi connectivity index (χ4v) is 4.00. The van der Waals surface area contributed by atoms with E-state index in [-0.39, 0.29) is 17.8 Å². The van der Waals surface area contributed by atoms with Crippen LogP contribution in [0.1, 0.15) is 54.3 Å². The van der Waals surface area contributed by atoms with Crippen LogP contribution in [-0.2, 0) is 22.6 Å². The van der Waals surface area contributed by atoms with Gasteiger partial charge in [0.25, 0.3) is 11.8 Å². The largest absolute Gasteiger partial charge is 0.376 e. The third kappa shape index (κ3) is 3.64. The summed E-state index contributed by atoms with van der Waals surface area (Å²) in [6.07, 6.45) is 6.49. The van der Waals surface area contributed by atoms with Crippen molar-refractivity contribution in [3.05, 3.63) is 23.9 Å². The molecule has 2 aromatic heterocycles. The Morgan fingerprint density at radius 2 is 2.14 bits per heavy atom. The Morgan fingerprint density at radius 1 is 1.28 bits per heavy atom. The number of hydrogen-bond donors (Lipinski definition) is 1. The molecule has 0 bridgehead atoms. The number of aromatic nitrogens is 5. The number of aryl methyl sites for hydroxylation is 1. The molecule has 1 unspecified atom stereocenters. The minimum absolute atomic E-state index is 0.0662. The van der Waals surface area contributed by atoms with Crippen molar-refractivity contribution in [2.24, 2.45) is 0 Å². The zero-order chi connectivity index (χ0) is 20.0. The lowest BCUT2D eigenvalue weighted by atomic mass is 10.2. The molecule has 154 valence electrons. The number of carbonyl (C=O) groups is 2. The Kier molecular flexibility index (Phi) is 4.57. The first-order valence-corrected chi connectivity index (χ1v) is 10.3. The maximum atomic E-state index is 12.9. The van der Waals surface area contributed by atoms with Gasteiger partial charge in [-0.1, -0.05) is 0 Å². The molecular weight excluding hydrogens is 374 g/mol. The van der Waals surface area contributed by atoms with Crippen LogP contribution in [0.25, 0.3) is 0 Å². The summed E-state index contributed by atoms with van der Waals surface area (Å²) in [7, 11) is 1.73. The molecule has 0 spiro atoms. The second-order valence-corrected chi connectivity index (χ2v) is 8.06. The van der Waals surface area contributed by atoms with Crippen LogP contribution >= 0.6 is 0 Å². The van der Waals surface area contributed by atoms with Crippen molar-refractivity contribution in [3.8, 4) is 0 Å². The first-order chi connectivity index (χ1) is 14.1. The van der Waals surface area contributed by atoms with Crippen molar-refractivity contribution in [2.75, 3.05) is 18.6 Å². The van der Waals surface area contributed by atoms with Crippen molar-refractivity contribution in [1.29, 1.82) is 0 Å². The standard InChI is InChI=1S/C19H25N7O3/c1-24-16-9-15(12-4-5-12)22-26(16)7-6-14(19(24)28)21-18(27)17-20-11-25(23-17)10-13-3-2-8-29-13/h9,11-14H,2-8,10H2,1H3,(H,21,27)/t13?,14-/m0/s1. The molecule has 29 heavy (non-hydrogen) atoms. The predicted octanol–water partition coefficient (Wildman–Crippen LogP) is 0.696. The maximum absolute atomic E-state index is 12.9. The second-order valence-electron chi connectivity index (χ2n) is 8.06. The van der Waals surface area contributed by atoms with Gasteiger partial charge >= 0.3 is 0 Å². The molecule has 5 rings (SSSR count). The van der Waals surface area contributed by atoms with E-state index < -0.39 is 11.9 Å². The van der Waals surface area contributed by atoms with Crippen LogP contribution in [-0.4, -0.2) is 62.2 Å². The maximum Gasteiger partial charge on any atom is 0.291 e. The van der Waals surface area contributed by atoms with E-state index in [2.05, 4.69) is 20.5 Å². The van der Waals surface area contributed by atoms with Gasteiger partial charge < -0.3 is 10.1 Å². The SMILES string of the molecule is CN1C(=O)[C@@H](NC(=O)c2ncn(CC3CCCO3)n2)CCn2nc(C3CC3)cc21. The number of nitrogens with one attached hydrogen (secondary N) is 1. The number of likely N-dealkylation sites (N-methyl/N-ethyl adjacent to an activating group) is 1. The molecule has 2 fully saturated rings. The average molecular weight is 399 g/mol. The number of hydrogen-bond acceptors (Lipinski definition) is 6. The number of carbonyl (C=O) groups excluding carboxylic acids is 2. The van der Waals surface area contributed by atoms with Gasteiger partial charge in [0, 0.05) is 32.2 Å². The van der Waals surface area contributed by atoms with Crippen LogP contribution in [0.2, 0.25) is 0 Å². The van der Waals surface area contributed by atoms with Gasteiger partial charge in [-0.2, -0.15) is 5.10 Å². The molecule has 10 heteroatoms. The number of amides is 2. The normalized spacial score (nSPS) is 24.4. The molecule has 2 atom stereocenters. The molecule has 4 heterocycles. The van der Waals surface area contributed by atoms with Gasteiger partial charge in [0.05, 0.1) is 18.3 Å². The quantitative estimate of drug-likeness (QED) is 0.793. The number of ether oxygens (including phenoxy) is 1. The lowest BCUT2D eigenvalue weighted by Gasteiger charge is -2.19. The van der Waals surface area contributed by atoms with E-state index in [0.717, 1.165) is 31.0 Å². The summed E-state index contributed by atoms with van der Waals surface area (Å²) in [4.78, 5) is 31.2. The first kappa shape index (κ1) is 18.3. The molecule has 1 N–H and O–H groups in total. The topological polar surface area (TPSA) is 107 Å². The number of rotatable bonds is 5. The van der Waals surface area contributed by atoms with Crippen LogP contribution in [0.3, 0.4) is 0 Å². The van der Waals surface area contributed by atoms with Gasteiger partial charge in [-0.05, 0) is 32.1 Å². The molecule has 2 aromatic rings. The molecule has 1 saturated heterocycles. The van der Waals surface area contributed by atoms with Crippen LogP contribution in [0.4, 0.5) is 5.82 Å². The Balaban J connectivity index is 1.24. The fraction of sp³-hybridized carbons (Fsp3) is 0.632. The highest BCUT2D eigenvalue weighted by Crippen LogP contribution is 2.40. The second kappa shape index (κ2) is 7.25. The number of nitrogens with zero attached hydrogens (tertiary/aromatic N) is 6. The number of anilines is 1. The minimum atomic E-state index is -0.635. The zero-order valence-corrected chi connectivity index (χ0v) is 16.5. The van der Waals surface area contributed by atoms with Gasteiger partial charge in [-0.15, -0.1) is 5.10 Å². The van der Waals surface area contributed by atoms with Crippen molar-refractivity contribution < 1.29 is 14.3 Å². The van der Waals surface area contributed by atoms with Crippen LogP contribution in [0.15, 0.2) is 12.4 Å². The smallest absolute Gasteiger partial charge is 0.291 e. The Morgan fingerprint density at radius 3 is 2.90 bits per heavy atom. The molecule has 1 aliphatic carbocycles. The monoisotopic (exact) mass is 399 g/mol. The summed E-state index contributed by atoms with van der Waals surface area (Å²) in [5.41, 5.74) is 1.06. The average Bonchev–Trinajstić information content (AvgIpc) is 3.11. The fourth-order valence-electron chi connectivity index (χ4n) is 4.00. The van der Waals surface area contributed by atoms with Crippen LogP contribution < -0.4 is 10.2 Å². The summed E-state index contributed by atoms with van der Waals surface area (Å²) in [5.74, 6) is 0.785. The van der Waals surface area contributed by atoms with Crippen LogP contribution in [0, 0.1) is 0 Å². The molecule has 1 saturated carbocycles. The van der Waals surface area contributed by atoms with Gasteiger partial charge in [0.15, 0.2) is 0 Å². The molecule has 2 aliphatic heterocycles. The highest BCUT2D eigenvalue weighted by molar-refractivity contribution is 6.00. The van der Waals surface area contributed by atoms with E-state index in [1.54, 1.807) is 16.6 Å².